The Bertz CT molecular complexity index is 313. The van der Waals surface area contributed by atoms with Gasteiger partial charge >= 0.3 is 5.97 Å². The maximum absolute atomic E-state index is 11.5. The fraction of sp³-hybridized carbons (Fsp3) is 0.667. The quantitative estimate of drug-likeness (QED) is 0.656. The van der Waals surface area contributed by atoms with E-state index in [-0.39, 0.29) is 17.7 Å². The second-order valence-electron chi connectivity index (χ2n) is 4.64. The molecule has 0 aliphatic heterocycles. The van der Waals surface area contributed by atoms with E-state index in [4.69, 9.17) is 4.74 Å². The predicted octanol–water partition coefficient (Wildman–Crippen LogP) is 2.25. The van der Waals surface area contributed by atoms with E-state index in [0.29, 0.717) is 6.42 Å². The van der Waals surface area contributed by atoms with Crippen molar-refractivity contribution in [2.24, 2.45) is 5.92 Å². The Morgan fingerprint density at radius 1 is 1.53 bits per heavy atom. The lowest BCUT2D eigenvalue weighted by Crippen LogP contribution is -2.38. The molecule has 0 aromatic heterocycles. The molecule has 3 nitrogen and oxygen atoms in total. The molecule has 3 heteroatoms. The molecule has 1 rings (SSSR count). The average Bonchev–Trinajstić information content (AvgIpc) is 2.07. The first-order valence-corrected chi connectivity index (χ1v) is 5.22. The number of hydrogen-bond donors (Lipinski definition) is 0. The van der Waals surface area contributed by atoms with Crippen LogP contribution in [0.3, 0.4) is 0 Å². The Balaban J connectivity index is 2.74. The molecule has 0 unspecified atom stereocenters. The van der Waals surface area contributed by atoms with E-state index >= 15 is 0 Å². The van der Waals surface area contributed by atoms with Crippen LogP contribution in [-0.2, 0) is 14.3 Å². The average molecular weight is 210 g/mol. The second kappa shape index (κ2) is 4.17. The summed E-state index contributed by atoms with van der Waals surface area (Å²) in [4.78, 5) is 22.5. The monoisotopic (exact) mass is 210 g/mol. The van der Waals surface area contributed by atoms with Crippen LogP contribution in [0.2, 0.25) is 0 Å². The smallest absolute Gasteiger partial charge is 0.303 e. The van der Waals surface area contributed by atoms with Gasteiger partial charge in [0, 0.05) is 19.3 Å². The van der Waals surface area contributed by atoms with Crippen molar-refractivity contribution < 1.29 is 14.3 Å². The van der Waals surface area contributed by atoms with E-state index in [1.165, 1.54) is 6.92 Å². The molecule has 0 radical (unpaired) electrons. The number of carbonyl (C=O) groups is 2. The summed E-state index contributed by atoms with van der Waals surface area (Å²) in [7, 11) is 0. The molecule has 0 saturated heterocycles. The van der Waals surface area contributed by atoms with Crippen molar-refractivity contribution in [1.82, 2.24) is 0 Å². The minimum atomic E-state index is -0.557. The molecule has 0 saturated carbocycles. The zero-order valence-corrected chi connectivity index (χ0v) is 9.79. The lowest BCUT2D eigenvalue weighted by molar-refractivity contribution is -0.160. The molecule has 15 heavy (non-hydrogen) atoms. The van der Waals surface area contributed by atoms with Gasteiger partial charge in [-0.25, -0.2) is 0 Å². The Labute approximate surface area is 90.5 Å². The molecule has 0 amide bonds. The molecule has 1 atom stereocenters. The third-order valence-corrected chi connectivity index (χ3v) is 2.97. The number of hydrogen-bond acceptors (Lipinski definition) is 3. The minimum Gasteiger partial charge on any atom is -0.460 e. The number of rotatable bonds is 2. The van der Waals surface area contributed by atoms with Crippen LogP contribution in [0.15, 0.2) is 11.6 Å². The molecule has 0 bridgehead atoms. The molecule has 0 aromatic rings. The molecule has 0 aromatic carbocycles. The molecule has 0 N–H and O–H groups in total. The summed E-state index contributed by atoms with van der Waals surface area (Å²) in [6.07, 6.45) is 3.21. The Morgan fingerprint density at radius 3 is 2.60 bits per heavy atom. The fourth-order valence-corrected chi connectivity index (χ4v) is 1.88. The summed E-state index contributed by atoms with van der Waals surface area (Å²) >= 11 is 0. The molecule has 1 aliphatic rings. The fourth-order valence-electron chi connectivity index (χ4n) is 1.88. The molecule has 1 aliphatic carbocycles. The van der Waals surface area contributed by atoms with E-state index in [9.17, 15) is 9.59 Å². The number of ether oxygens (including phenoxy) is 1. The van der Waals surface area contributed by atoms with Crippen molar-refractivity contribution in [3.8, 4) is 0 Å². The molecular weight excluding hydrogens is 192 g/mol. The van der Waals surface area contributed by atoms with Crippen molar-refractivity contribution >= 4 is 11.8 Å². The third kappa shape index (κ3) is 2.91. The summed E-state index contributed by atoms with van der Waals surface area (Å²) < 4.78 is 5.24. The first kappa shape index (κ1) is 12.0. The van der Waals surface area contributed by atoms with Gasteiger partial charge < -0.3 is 4.74 Å². The van der Waals surface area contributed by atoms with E-state index in [0.717, 1.165) is 12.0 Å². The van der Waals surface area contributed by atoms with Gasteiger partial charge in [0.05, 0.1) is 0 Å². The highest BCUT2D eigenvalue weighted by Crippen LogP contribution is 2.32. The molecule has 0 heterocycles. The van der Waals surface area contributed by atoms with Crippen LogP contribution in [0.5, 0.6) is 0 Å². The van der Waals surface area contributed by atoms with Gasteiger partial charge in [0.15, 0.2) is 5.78 Å². The van der Waals surface area contributed by atoms with Gasteiger partial charge in [-0.05, 0) is 32.8 Å². The van der Waals surface area contributed by atoms with E-state index < -0.39 is 5.60 Å². The topological polar surface area (TPSA) is 43.4 Å². The lowest BCUT2D eigenvalue weighted by atomic mass is 9.79. The SMILES string of the molecule is CC(=O)OC(C)(C)[C@H]1CC=C(C)C(=O)C1. The Hall–Kier alpha value is -1.12. The normalized spacial score (nSPS) is 22.3. The molecule has 84 valence electrons. The summed E-state index contributed by atoms with van der Waals surface area (Å²) in [6.45, 7) is 6.95. The molecular formula is C12H18O3. The maximum atomic E-state index is 11.5. The summed E-state index contributed by atoms with van der Waals surface area (Å²) in [5, 5.41) is 0. The van der Waals surface area contributed by atoms with Crippen LogP contribution in [0.25, 0.3) is 0 Å². The van der Waals surface area contributed by atoms with Gasteiger partial charge in [-0.3, -0.25) is 9.59 Å². The maximum Gasteiger partial charge on any atom is 0.303 e. The van der Waals surface area contributed by atoms with E-state index in [1.54, 1.807) is 0 Å². The Kier molecular flexibility index (Phi) is 3.32. The number of ketones is 1. The number of allylic oxidation sites excluding steroid dienone is 2. The first-order chi connectivity index (χ1) is 6.83. The van der Waals surface area contributed by atoms with Crippen molar-refractivity contribution in [1.29, 1.82) is 0 Å². The lowest BCUT2D eigenvalue weighted by Gasteiger charge is -2.34. The van der Waals surface area contributed by atoms with Crippen molar-refractivity contribution in [3.63, 3.8) is 0 Å². The van der Waals surface area contributed by atoms with Crippen LogP contribution in [-0.4, -0.2) is 17.4 Å². The minimum absolute atomic E-state index is 0.0950. The molecule has 0 spiro atoms. The van der Waals surface area contributed by atoms with E-state index in [2.05, 4.69) is 0 Å². The first-order valence-electron chi connectivity index (χ1n) is 5.22. The summed E-state index contributed by atoms with van der Waals surface area (Å²) in [5.74, 6) is -0.0391. The molecule has 0 fully saturated rings. The van der Waals surface area contributed by atoms with Crippen molar-refractivity contribution in [2.75, 3.05) is 0 Å². The van der Waals surface area contributed by atoms with Crippen molar-refractivity contribution in [2.45, 2.75) is 46.1 Å². The highest BCUT2D eigenvalue weighted by atomic mass is 16.6. The van der Waals surface area contributed by atoms with Gasteiger partial charge in [0.25, 0.3) is 0 Å². The highest BCUT2D eigenvalue weighted by molar-refractivity contribution is 5.95. The van der Waals surface area contributed by atoms with Gasteiger partial charge in [0.1, 0.15) is 5.60 Å². The largest absolute Gasteiger partial charge is 0.460 e. The van der Waals surface area contributed by atoms with Gasteiger partial charge in [-0.15, -0.1) is 0 Å². The number of Topliss-reactive ketones (excluding diaryl/α,β-unsaturated/α-hetero) is 1. The standard InChI is InChI=1S/C12H18O3/c1-8-5-6-10(7-11(8)14)12(3,4)15-9(2)13/h5,10H,6-7H2,1-4H3/t10-/m0/s1. The van der Waals surface area contributed by atoms with Gasteiger partial charge in [0.2, 0.25) is 0 Å². The highest BCUT2D eigenvalue weighted by Gasteiger charge is 2.35. The predicted molar refractivity (Wildman–Crippen MR) is 57.3 cm³/mol. The zero-order chi connectivity index (χ0) is 11.6. The van der Waals surface area contributed by atoms with E-state index in [1.807, 2.05) is 26.8 Å². The number of esters is 1. The van der Waals surface area contributed by atoms with Crippen LogP contribution in [0.4, 0.5) is 0 Å². The van der Waals surface area contributed by atoms with Gasteiger partial charge in [-0.1, -0.05) is 6.08 Å². The zero-order valence-electron chi connectivity index (χ0n) is 9.79. The van der Waals surface area contributed by atoms with Crippen LogP contribution in [0, 0.1) is 5.92 Å². The van der Waals surface area contributed by atoms with Crippen LogP contribution in [0.1, 0.15) is 40.5 Å². The number of carbonyl (C=O) groups excluding carboxylic acids is 2. The van der Waals surface area contributed by atoms with Crippen LogP contribution >= 0.6 is 0 Å². The second-order valence-corrected chi connectivity index (χ2v) is 4.64. The van der Waals surface area contributed by atoms with Crippen molar-refractivity contribution in [3.05, 3.63) is 11.6 Å². The van der Waals surface area contributed by atoms with Gasteiger partial charge in [-0.2, -0.15) is 0 Å². The van der Waals surface area contributed by atoms with Crippen LogP contribution < -0.4 is 0 Å². The summed E-state index contributed by atoms with van der Waals surface area (Å²) in [5.41, 5.74) is 0.267. The third-order valence-electron chi connectivity index (χ3n) is 2.97. The summed E-state index contributed by atoms with van der Waals surface area (Å²) in [6, 6.07) is 0. The Morgan fingerprint density at radius 2 is 2.13 bits per heavy atom.